The van der Waals surface area contributed by atoms with Gasteiger partial charge in [-0.25, -0.2) is 0 Å². The lowest BCUT2D eigenvalue weighted by molar-refractivity contribution is -0.136. The van der Waals surface area contributed by atoms with E-state index in [2.05, 4.69) is 5.32 Å². The molecule has 1 saturated heterocycles. The minimum atomic E-state index is -0.719. The van der Waals surface area contributed by atoms with E-state index in [0.29, 0.717) is 5.92 Å². The molecule has 1 aliphatic rings. The average molecular weight is 156 g/mol. The maximum Gasteiger partial charge on any atom is 0.303 e. The van der Waals surface area contributed by atoms with Gasteiger partial charge >= 0.3 is 5.97 Å². The molecular weight excluding hydrogens is 142 g/mol. The van der Waals surface area contributed by atoms with Gasteiger partial charge in [0.1, 0.15) is 0 Å². The molecule has 1 rings (SSSR count). The number of rotatable bonds is 3. The Kier molecular flexibility index (Phi) is 3.36. The molecule has 1 radical (unpaired) electrons. The van der Waals surface area contributed by atoms with Gasteiger partial charge in [-0.05, 0) is 38.3 Å². The van der Waals surface area contributed by atoms with E-state index in [4.69, 9.17) is 5.11 Å². The number of nitrogens with one attached hydrogen (secondary N) is 1. The summed E-state index contributed by atoms with van der Waals surface area (Å²) in [5.41, 5.74) is 0. The standard InChI is InChI=1S/C8H14NO2/c10-8(11)2-1-7-3-5-9-6-4-7/h1,7,9H,2-6H2,(H,10,11). The maximum atomic E-state index is 10.2. The van der Waals surface area contributed by atoms with Gasteiger partial charge in [-0.2, -0.15) is 0 Å². The molecule has 3 nitrogen and oxygen atoms in total. The summed E-state index contributed by atoms with van der Waals surface area (Å²) in [5, 5.41) is 11.6. The van der Waals surface area contributed by atoms with Gasteiger partial charge in [0, 0.05) is 6.42 Å². The van der Waals surface area contributed by atoms with Gasteiger partial charge in [0.25, 0.3) is 0 Å². The van der Waals surface area contributed by atoms with Crippen LogP contribution >= 0.6 is 0 Å². The third-order valence-electron chi connectivity index (χ3n) is 2.01. The largest absolute Gasteiger partial charge is 0.481 e. The van der Waals surface area contributed by atoms with Crippen LogP contribution in [0.25, 0.3) is 0 Å². The number of aliphatic carboxylic acids is 1. The SMILES string of the molecule is O=C(O)C[CH]C1CCNCC1. The van der Waals surface area contributed by atoms with Crippen LogP contribution in [0.3, 0.4) is 0 Å². The van der Waals surface area contributed by atoms with E-state index in [1.807, 2.05) is 6.42 Å². The number of hydrogen-bond acceptors (Lipinski definition) is 2. The van der Waals surface area contributed by atoms with Crippen molar-refractivity contribution < 1.29 is 9.90 Å². The van der Waals surface area contributed by atoms with Gasteiger partial charge in [0.2, 0.25) is 0 Å². The molecular formula is C8H14NO2. The fourth-order valence-corrected chi connectivity index (χ4v) is 1.35. The molecule has 11 heavy (non-hydrogen) atoms. The molecule has 0 spiro atoms. The highest BCUT2D eigenvalue weighted by Crippen LogP contribution is 2.16. The summed E-state index contributed by atoms with van der Waals surface area (Å²) < 4.78 is 0. The summed E-state index contributed by atoms with van der Waals surface area (Å²) >= 11 is 0. The second-order valence-corrected chi connectivity index (χ2v) is 2.92. The van der Waals surface area contributed by atoms with Gasteiger partial charge in [-0.3, -0.25) is 4.79 Å². The fourth-order valence-electron chi connectivity index (χ4n) is 1.35. The lowest BCUT2D eigenvalue weighted by Gasteiger charge is -2.21. The van der Waals surface area contributed by atoms with E-state index < -0.39 is 5.97 Å². The van der Waals surface area contributed by atoms with Crippen LogP contribution in [0.5, 0.6) is 0 Å². The number of carboxylic acid groups (broad SMARTS) is 1. The molecule has 0 bridgehead atoms. The molecule has 0 aromatic carbocycles. The van der Waals surface area contributed by atoms with Crippen molar-refractivity contribution in [2.75, 3.05) is 13.1 Å². The molecule has 2 N–H and O–H groups in total. The highest BCUT2D eigenvalue weighted by molar-refractivity contribution is 5.68. The van der Waals surface area contributed by atoms with Crippen LogP contribution in [0.4, 0.5) is 0 Å². The topological polar surface area (TPSA) is 49.3 Å². The molecule has 0 aromatic rings. The first-order valence-electron chi connectivity index (χ1n) is 4.05. The molecule has 0 amide bonds. The third kappa shape index (κ3) is 3.37. The summed E-state index contributed by atoms with van der Waals surface area (Å²) in [4.78, 5) is 10.2. The second kappa shape index (κ2) is 4.34. The number of piperidine rings is 1. The minimum absolute atomic E-state index is 0.213. The Labute approximate surface area is 66.8 Å². The Hall–Kier alpha value is -0.570. The average Bonchev–Trinajstić information content (AvgIpc) is 2.03. The van der Waals surface area contributed by atoms with Crippen LogP contribution < -0.4 is 5.32 Å². The van der Waals surface area contributed by atoms with Crippen molar-refractivity contribution in [3.63, 3.8) is 0 Å². The van der Waals surface area contributed by atoms with Crippen LogP contribution in [0, 0.1) is 12.3 Å². The lowest BCUT2D eigenvalue weighted by atomic mass is 9.93. The van der Waals surface area contributed by atoms with Gasteiger partial charge in [0.05, 0.1) is 0 Å². The first-order chi connectivity index (χ1) is 5.29. The minimum Gasteiger partial charge on any atom is -0.481 e. The Bertz CT molecular complexity index is 130. The Morgan fingerprint density at radius 1 is 1.55 bits per heavy atom. The van der Waals surface area contributed by atoms with Crippen LogP contribution in [-0.2, 0) is 4.79 Å². The van der Waals surface area contributed by atoms with Crippen LogP contribution in [-0.4, -0.2) is 24.2 Å². The number of hydrogen-bond donors (Lipinski definition) is 2. The molecule has 0 aromatic heterocycles. The van der Waals surface area contributed by atoms with Crippen LogP contribution in [0.2, 0.25) is 0 Å². The quantitative estimate of drug-likeness (QED) is 0.631. The zero-order valence-electron chi connectivity index (χ0n) is 6.55. The molecule has 63 valence electrons. The van der Waals surface area contributed by atoms with E-state index in [1.54, 1.807) is 0 Å². The summed E-state index contributed by atoms with van der Waals surface area (Å²) in [6.07, 6.45) is 4.31. The van der Waals surface area contributed by atoms with Crippen molar-refractivity contribution in [2.45, 2.75) is 19.3 Å². The summed E-state index contributed by atoms with van der Waals surface area (Å²) in [7, 11) is 0. The second-order valence-electron chi connectivity index (χ2n) is 2.92. The highest BCUT2D eigenvalue weighted by Gasteiger charge is 2.13. The predicted molar refractivity (Wildman–Crippen MR) is 42.1 cm³/mol. The smallest absolute Gasteiger partial charge is 0.303 e. The summed E-state index contributed by atoms with van der Waals surface area (Å²) in [6, 6.07) is 0. The van der Waals surface area contributed by atoms with E-state index in [0.717, 1.165) is 25.9 Å². The Balaban J connectivity index is 2.09. The van der Waals surface area contributed by atoms with E-state index in [-0.39, 0.29) is 6.42 Å². The fraction of sp³-hybridized carbons (Fsp3) is 0.750. The van der Waals surface area contributed by atoms with Crippen molar-refractivity contribution in [3.8, 4) is 0 Å². The molecule has 0 aliphatic carbocycles. The maximum absolute atomic E-state index is 10.2. The Morgan fingerprint density at radius 3 is 2.73 bits per heavy atom. The van der Waals surface area contributed by atoms with Crippen molar-refractivity contribution in [3.05, 3.63) is 6.42 Å². The Morgan fingerprint density at radius 2 is 2.18 bits per heavy atom. The molecule has 0 atom stereocenters. The normalized spacial score (nSPS) is 20.0. The van der Waals surface area contributed by atoms with Crippen molar-refractivity contribution in [2.24, 2.45) is 5.92 Å². The number of carbonyl (C=O) groups is 1. The van der Waals surface area contributed by atoms with Gasteiger partial charge in [0.15, 0.2) is 0 Å². The summed E-state index contributed by atoms with van der Waals surface area (Å²) in [6.45, 7) is 2.06. The van der Waals surface area contributed by atoms with Gasteiger partial charge in [-0.1, -0.05) is 0 Å². The van der Waals surface area contributed by atoms with Crippen molar-refractivity contribution in [1.29, 1.82) is 0 Å². The van der Waals surface area contributed by atoms with Gasteiger partial charge in [-0.15, -0.1) is 0 Å². The monoisotopic (exact) mass is 156 g/mol. The predicted octanol–water partition coefficient (Wildman–Crippen LogP) is 0.665. The third-order valence-corrected chi connectivity index (χ3v) is 2.01. The van der Waals surface area contributed by atoms with Gasteiger partial charge < -0.3 is 10.4 Å². The molecule has 0 unspecified atom stereocenters. The first kappa shape index (κ1) is 8.53. The highest BCUT2D eigenvalue weighted by atomic mass is 16.4. The van der Waals surface area contributed by atoms with Crippen LogP contribution in [0.1, 0.15) is 19.3 Å². The lowest BCUT2D eigenvalue weighted by Crippen LogP contribution is -2.28. The molecule has 0 saturated carbocycles. The molecule has 1 aliphatic heterocycles. The van der Waals surface area contributed by atoms with Crippen molar-refractivity contribution in [1.82, 2.24) is 5.32 Å². The van der Waals surface area contributed by atoms with Crippen molar-refractivity contribution >= 4 is 5.97 Å². The number of carboxylic acids is 1. The van der Waals surface area contributed by atoms with Crippen LogP contribution in [0.15, 0.2) is 0 Å². The zero-order chi connectivity index (χ0) is 8.10. The molecule has 1 heterocycles. The zero-order valence-corrected chi connectivity index (χ0v) is 6.55. The van der Waals surface area contributed by atoms with E-state index in [1.165, 1.54) is 0 Å². The molecule has 3 heteroatoms. The molecule has 1 fully saturated rings. The van der Waals surface area contributed by atoms with E-state index in [9.17, 15) is 4.79 Å². The first-order valence-corrected chi connectivity index (χ1v) is 4.05. The van der Waals surface area contributed by atoms with E-state index >= 15 is 0 Å². The summed E-state index contributed by atoms with van der Waals surface area (Å²) in [5.74, 6) is -0.198.